The van der Waals surface area contributed by atoms with Crippen LogP contribution in [0.15, 0.2) is 24.3 Å². The zero-order valence-electron chi connectivity index (χ0n) is 13.2. The van der Waals surface area contributed by atoms with E-state index >= 15 is 0 Å². The van der Waals surface area contributed by atoms with Gasteiger partial charge < -0.3 is 5.32 Å². The lowest BCUT2D eigenvalue weighted by molar-refractivity contribution is -0.152. The smallest absolute Gasteiger partial charge is 0.346 e. The van der Waals surface area contributed by atoms with Crippen molar-refractivity contribution in [3.63, 3.8) is 0 Å². The van der Waals surface area contributed by atoms with Crippen molar-refractivity contribution in [2.75, 3.05) is 19.6 Å². The Balaban J connectivity index is 1.64. The monoisotopic (exact) mass is 344 g/mol. The maximum Gasteiger partial charge on any atom is 0.401 e. The molecule has 1 aliphatic carbocycles. The van der Waals surface area contributed by atoms with Crippen molar-refractivity contribution in [2.24, 2.45) is 5.92 Å². The summed E-state index contributed by atoms with van der Waals surface area (Å²) < 4.78 is 51.6. The lowest BCUT2D eigenvalue weighted by Gasteiger charge is -2.33. The summed E-state index contributed by atoms with van der Waals surface area (Å²) in [5, 5.41) is 2.89. The lowest BCUT2D eigenvalue weighted by Crippen LogP contribution is -2.48. The molecule has 3 rings (SSSR count). The zero-order chi connectivity index (χ0) is 17.4. The zero-order valence-corrected chi connectivity index (χ0v) is 13.2. The number of piperidine rings is 1. The third-order valence-electron chi connectivity index (χ3n) is 4.78. The Bertz CT molecular complexity index is 613. The summed E-state index contributed by atoms with van der Waals surface area (Å²) in [6, 6.07) is 6.32. The first kappa shape index (κ1) is 17.2. The molecule has 1 atom stereocenters. The second kappa shape index (κ2) is 6.35. The first-order chi connectivity index (χ1) is 11.3. The van der Waals surface area contributed by atoms with E-state index in [0.29, 0.717) is 37.8 Å². The fourth-order valence-electron chi connectivity index (χ4n) is 3.44. The van der Waals surface area contributed by atoms with Crippen molar-refractivity contribution in [3.05, 3.63) is 35.6 Å². The van der Waals surface area contributed by atoms with E-state index < -0.39 is 24.2 Å². The number of likely N-dealkylation sites (tertiary alicyclic amines) is 1. The molecule has 1 heterocycles. The van der Waals surface area contributed by atoms with Gasteiger partial charge in [-0.2, -0.15) is 13.2 Å². The Morgan fingerprint density at radius 3 is 2.62 bits per heavy atom. The fourth-order valence-corrected chi connectivity index (χ4v) is 3.44. The van der Waals surface area contributed by atoms with E-state index in [4.69, 9.17) is 0 Å². The third-order valence-corrected chi connectivity index (χ3v) is 4.78. The Kier molecular flexibility index (Phi) is 4.55. The number of carbonyl (C=O) groups is 1. The minimum Gasteiger partial charge on any atom is -0.346 e. The second-order valence-corrected chi connectivity index (χ2v) is 6.74. The van der Waals surface area contributed by atoms with E-state index in [1.807, 2.05) is 0 Å². The van der Waals surface area contributed by atoms with Gasteiger partial charge in [0.2, 0.25) is 5.91 Å². The number of nitrogens with one attached hydrogen (secondary N) is 1. The molecule has 1 saturated carbocycles. The summed E-state index contributed by atoms with van der Waals surface area (Å²) in [5.41, 5.74) is -0.226. The van der Waals surface area contributed by atoms with Gasteiger partial charge in [0, 0.05) is 12.1 Å². The summed E-state index contributed by atoms with van der Waals surface area (Å²) in [6.07, 6.45) is -1.84. The minimum atomic E-state index is -4.26. The number of rotatable bonds is 4. The molecule has 1 aliphatic heterocycles. The van der Waals surface area contributed by atoms with Gasteiger partial charge >= 0.3 is 6.18 Å². The van der Waals surface area contributed by atoms with Gasteiger partial charge in [0.25, 0.3) is 0 Å². The average Bonchev–Trinajstić information content (AvgIpc) is 3.26. The molecule has 0 bridgehead atoms. The molecule has 1 aromatic rings. The predicted octanol–water partition coefficient (Wildman–Crippen LogP) is 3.21. The van der Waals surface area contributed by atoms with Gasteiger partial charge in [0.15, 0.2) is 0 Å². The van der Waals surface area contributed by atoms with E-state index in [0.717, 1.165) is 0 Å². The number of alkyl halides is 3. The molecule has 1 saturated heterocycles. The first-order valence-electron chi connectivity index (χ1n) is 8.15. The number of nitrogens with zero attached hydrogens (tertiary/aromatic N) is 1. The van der Waals surface area contributed by atoms with Crippen LogP contribution in [0, 0.1) is 11.7 Å². The van der Waals surface area contributed by atoms with Crippen molar-refractivity contribution in [3.8, 4) is 0 Å². The van der Waals surface area contributed by atoms with Crippen molar-refractivity contribution in [1.82, 2.24) is 10.2 Å². The van der Waals surface area contributed by atoms with Crippen LogP contribution in [0.5, 0.6) is 0 Å². The predicted molar refractivity (Wildman–Crippen MR) is 80.7 cm³/mol. The highest BCUT2D eigenvalue weighted by Gasteiger charge is 2.48. The number of hydrogen-bond acceptors (Lipinski definition) is 2. The quantitative estimate of drug-likeness (QED) is 0.851. The molecule has 132 valence electrons. The van der Waals surface area contributed by atoms with E-state index in [2.05, 4.69) is 5.32 Å². The van der Waals surface area contributed by atoms with Gasteiger partial charge in [-0.15, -0.1) is 0 Å². The molecule has 24 heavy (non-hydrogen) atoms. The SMILES string of the molecule is O=C(NC1(c2ccccc2F)CC1)C1CCCN(CC(F)(F)F)C1. The molecular formula is C17H20F4N2O. The van der Waals surface area contributed by atoms with E-state index in [1.54, 1.807) is 18.2 Å². The van der Waals surface area contributed by atoms with Crippen LogP contribution >= 0.6 is 0 Å². The largest absolute Gasteiger partial charge is 0.401 e. The van der Waals surface area contributed by atoms with Gasteiger partial charge in [-0.3, -0.25) is 9.69 Å². The van der Waals surface area contributed by atoms with Crippen LogP contribution in [0.25, 0.3) is 0 Å². The number of amides is 1. The molecule has 1 amide bonds. The van der Waals surface area contributed by atoms with Crippen molar-refractivity contribution >= 4 is 5.91 Å². The molecule has 0 spiro atoms. The highest BCUT2D eigenvalue weighted by atomic mass is 19.4. The number of carbonyl (C=O) groups excluding carboxylic acids is 1. The average molecular weight is 344 g/mol. The van der Waals surface area contributed by atoms with Gasteiger partial charge in [-0.25, -0.2) is 4.39 Å². The maximum atomic E-state index is 14.0. The molecule has 7 heteroatoms. The minimum absolute atomic E-state index is 0.0959. The molecule has 1 aromatic carbocycles. The van der Waals surface area contributed by atoms with E-state index in [-0.39, 0.29) is 18.3 Å². The van der Waals surface area contributed by atoms with Crippen LogP contribution in [0.4, 0.5) is 17.6 Å². The van der Waals surface area contributed by atoms with Gasteiger partial charge in [-0.05, 0) is 38.3 Å². The Morgan fingerprint density at radius 1 is 1.29 bits per heavy atom. The van der Waals surface area contributed by atoms with E-state index in [1.165, 1.54) is 11.0 Å². The van der Waals surface area contributed by atoms with Crippen LogP contribution in [0.2, 0.25) is 0 Å². The summed E-state index contributed by atoms with van der Waals surface area (Å²) in [5.74, 6) is -1.12. The van der Waals surface area contributed by atoms with Gasteiger partial charge in [-0.1, -0.05) is 18.2 Å². The topological polar surface area (TPSA) is 32.3 Å². The normalized spacial score (nSPS) is 23.8. The van der Waals surface area contributed by atoms with E-state index in [9.17, 15) is 22.4 Å². The van der Waals surface area contributed by atoms with Gasteiger partial charge in [0.05, 0.1) is 18.0 Å². The molecule has 2 aliphatic rings. The van der Waals surface area contributed by atoms with Crippen LogP contribution in [0.1, 0.15) is 31.2 Å². The number of halogens is 4. The van der Waals surface area contributed by atoms with Crippen LogP contribution in [0.3, 0.4) is 0 Å². The first-order valence-corrected chi connectivity index (χ1v) is 8.15. The van der Waals surface area contributed by atoms with Crippen molar-refractivity contribution in [2.45, 2.75) is 37.4 Å². The lowest BCUT2D eigenvalue weighted by atomic mass is 9.95. The summed E-state index contributed by atoms with van der Waals surface area (Å²) in [6.45, 7) is -0.546. The molecule has 3 nitrogen and oxygen atoms in total. The third kappa shape index (κ3) is 3.88. The molecule has 2 fully saturated rings. The second-order valence-electron chi connectivity index (χ2n) is 6.74. The fraction of sp³-hybridized carbons (Fsp3) is 0.588. The highest BCUT2D eigenvalue weighted by molar-refractivity contribution is 5.80. The van der Waals surface area contributed by atoms with Crippen molar-refractivity contribution in [1.29, 1.82) is 0 Å². The summed E-state index contributed by atoms with van der Waals surface area (Å²) in [7, 11) is 0. The Morgan fingerprint density at radius 2 is 2.00 bits per heavy atom. The van der Waals surface area contributed by atoms with Crippen LogP contribution < -0.4 is 5.32 Å². The summed E-state index contributed by atoms with van der Waals surface area (Å²) in [4.78, 5) is 13.8. The van der Waals surface area contributed by atoms with Crippen LogP contribution in [-0.4, -0.2) is 36.6 Å². The summed E-state index contributed by atoms with van der Waals surface area (Å²) >= 11 is 0. The van der Waals surface area contributed by atoms with Crippen LogP contribution in [-0.2, 0) is 10.3 Å². The molecular weight excluding hydrogens is 324 g/mol. The standard InChI is InChI=1S/C17H20F4N2O/c18-14-6-2-1-5-13(14)16(7-8-16)22-15(24)12-4-3-9-23(10-12)11-17(19,20)21/h1-2,5-6,12H,3-4,7-11H2,(H,22,24). The Hall–Kier alpha value is -1.63. The Labute approximate surface area is 138 Å². The molecule has 1 unspecified atom stereocenters. The molecule has 0 radical (unpaired) electrons. The van der Waals surface area contributed by atoms with Gasteiger partial charge in [0.1, 0.15) is 5.82 Å². The molecule has 1 N–H and O–H groups in total. The number of benzene rings is 1. The highest BCUT2D eigenvalue weighted by Crippen LogP contribution is 2.46. The molecule has 0 aromatic heterocycles. The van der Waals surface area contributed by atoms with Crippen molar-refractivity contribution < 1.29 is 22.4 Å². The number of hydrogen-bond donors (Lipinski definition) is 1. The maximum absolute atomic E-state index is 14.0.